The van der Waals surface area contributed by atoms with E-state index in [4.69, 9.17) is 0 Å². The highest BCUT2D eigenvalue weighted by Crippen LogP contribution is 2.37. The normalized spacial score (nSPS) is 18.0. The van der Waals surface area contributed by atoms with Crippen LogP contribution in [0.2, 0.25) is 0 Å². The number of benzene rings is 2. The molecule has 1 aromatic heterocycles. The molecule has 2 aromatic carbocycles. The van der Waals surface area contributed by atoms with Crippen molar-refractivity contribution in [3.05, 3.63) is 71.4 Å². The molecule has 1 amide bonds. The molecule has 0 bridgehead atoms. The van der Waals surface area contributed by atoms with E-state index >= 15 is 0 Å². The summed E-state index contributed by atoms with van der Waals surface area (Å²) in [4.78, 5) is 17.8. The van der Waals surface area contributed by atoms with Gasteiger partial charge in [0.25, 0.3) is 0 Å². The van der Waals surface area contributed by atoms with Crippen LogP contribution in [0.1, 0.15) is 35.6 Å². The third-order valence-electron chi connectivity index (χ3n) is 4.75. The van der Waals surface area contributed by atoms with E-state index in [2.05, 4.69) is 48.4 Å². The third-order valence-corrected chi connectivity index (χ3v) is 4.75. The Labute approximate surface area is 135 Å². The topological polar surface area (TPSA) is 36.1 Å². The molecule has 1 aliphatic heterocycles. The Bertz CT molecular complexity index is 850. The van der Waals surface area contributed by atoms with Crippen molar-refractivity contribution in [2.45, 2.75) is 32.4 Å². The van der Waals surface area contributed by atoms with Gasteiger partial charge in [-0.2, -0.15) is 0 Å². The Hall–Kier alpha value is -2.55. The van der Waals surface area contributed by atoms with Gasteiger partial charge in [-0.3, -0.25) is 4.79 Å². The van der Waals surface area contributed by atoms with Gasteiger partial charge in [0, 0.05) is 30.1 Å². The zero-order chi connectivity index (χ0) is 15.8. The van der Waals surface area contributed by atoms with Gasteiger partial charge < -0.3 is 9.88 Å². The lowest BCUT2D eigenvalue weighted by molar-refractivity contribution is -0.129. The summed E-state index contributed by atoms with van der Waals surface area (Å²) in [5, 5.41) is 1.23. The summed E-state index contributed by atoms with van der Waals surface area (Å²) in [6.07, 6.45) is 3.61. The van der Waals surface area contributed by atoms with E-state index in [1.165, 1.54) is 22.1 Å². The molecule has 4 rings (SSSR count). The summed E-state index contributed by atoms with van der Waals surface area (Å²) in [5.41, 5.74) is 4.82. The van der Waals surface area contributed by atoms with Crippen LogP contribution in [0.5, 0.6) is 0 Å². The lowest BCUT2D eigenvalue weighted by atomic mass is 10.0. The van der Waals surface area contributed by atoms with E-state index in [0.717, 1.165) is 11.9 Å². The van der Waals surface area contributed by atoms with Crippen LogP contribution in [0.25, 0.3) is 10.9 Å². The van der Waals surface area contributed by atoms with E-state index in [1.807, 2.05) is 23.1 Å². The number of hydrogen-bond donors (Lipinski definition) is 1. The number of nitrogens with one attached hydrogen (secondary N) is 1. The lowest BCUT2D eigenvalue weighted by Gasteiger charge is -2.25. The number of carbonyl (C=O) groups excluding carboxylic acids is 1. The summed E-state index contributed by atoms with van der Waals surface area (Å²) in [6.45, 7) is 2.78. The van der Waals surface area contributed by atoms with Crippen LogP contribution in [0.3, 0.4) is 0 Å². The largest absolute Gasteiger partial charge is 0.361 e. The fraction of sp³-hybridized carbons (Fsp3) is 0.250. The Morgan fingerprint density at radius 3 is 2.83 bits per heavy atom. The average molecular weight is 304 g/mol. The molecule has 2 heterocycles. The van der Waals surface area contributed by atoms with Crippen molar-refractivity contribution in [2.24, 2.45) is 0 Å². The zero-order valence-corrected chi connectivity index (χ0v) is 13.3. The lowest BCUT2D eigenvalue weighted by Crippen LogP contribution is -2.27. The molecule has 1 saturated heterocycles. The Morgan fingerprint density at radius 2 is 2.00 bits per heavy atom. The predicted octanol–water partition coefficient (Wildman–Crippen LogP) is 4.34. The highest BCUT2D eigenvalue weighted by Gasteiger charge is 2.33. The maximum absolute atomic E-state index is 12.4. The molecule has 23 heavy (non-hydrogen) atoms. The van der Waals surface area contributed by atoms with Crippen molar-refractivity contribution in [1.29, 1.82) is 0 Å². The van der Waals surface area contributed by atoms with Crippen molar-refractivity contribution in [3.63, 3.8) is 0 Å². The second-order valence-corrected chi connectivity index (χ2v) is 6.35. The molecule has 3 heteroatoms. The van der Waals surface area contributed by atoms with Crippen LogP contribution in [0.4, 0.5) is 0 Å². The molecule has 116 valence electrons. The molecule has 1 atom stereocenters. The van der Waals surface area contributed by atoms with Crippen LogP contribution < -0.4 is 0 Å². The summed E-state index contributed by atoms with van der Waals surface area (Å²) < 4.78 is 0. The first-order chi connectivity index (χ1) is 11.2. The molecule has 1 N–H and O–H groups in total. The van der Waals surface area contributed by atoms with Crippen molar-refractivity contribution >= 4 is 16.8 Å². The van der Waals surface area contributed by atoms with Crippen molar-refractivity contribution in [3.8, 4) is 0 Å². The van der Waals surface area contributed by atoms with Gasteiger partial charge in [-0.05, 0) is 36.1 Å². The quantitative estimate of drug-likeness (QED) is 0.767. The number of likely N-dealkylation sites (tertiary alicyclic amines) is 1. The molecular formula is C20H20N2O. The van der Waals surface area contributed by atoms with E-state index < -0.39 is 0 Å². The molecule has 0 spiro atoms. The number of H-pyrrole nitrogens is 1. The number of amides is 1. The minimum atomic E-state index is 0.166. The van der Waals surface area contributed by atoms with Gasteiger partial charge in [0.1, 0.15) is 0 Å². The van der Waals surface area contributed by atoms with Crippen LogP contribution in [-0.4, -0.2) is 15.8 Å². The Kier molecular flexibility index (Phi) is 3.41. The van der Waals surface area contributed by atoms with E-state index in [-0.39, 0.29) is 11.9 Å². The molecule has 1 aliphatic rings. The van der Waals surface area contributed by atoms with Gasteiger partial charge in [0.2, 0.25) is 5.91 Å². The second kappa shape index (κ2) is 5.58. The smallest absolute Gasteiger partial charge is 0.223 e. The number of fused-ring (bicyclic) bond motifs is 1. The number of aromatic amines is 1. The third kappa shape index (κ3) is 2.52. The van der Waals surface area contributed by atoms with Crippen molar-refractivity contribution < 1.29 is 4.79 Å². The predicted molar refractivity (Wildman–Crippen MR) is 92.0 cm³/mol. The first kappa shape index (κ1) is 14.1. The summed E-state index contributed by atoms with van der Waals surface area (Å²) in [7, 11) is 0. The number of carbonyl (C=O) groups is 1. The van der Waals surface area contributed by atoms with Gasteiger partial charge >= 0.3 is 0 Å². The fourth-order valence-electron chi connectivity index (χ4n) is 3.57. The minimum Gasteiger partial charge on any atom is -0.361 e. The van der Waals surface area contributed by atoms with Gasteiger partial charge in [0.15, 0.2) is 0 Å². The minimum absolute atomic E-state index is 0.166. The molecule has 3 aromatic rings. The number of aryl methyl sites for hydroxylation is 1. The molecule has 0 aliphatic carbocycles. The average Bonchev–Trinajstić information content (AvgIpc) is 3.12. The summed E-state index contributed by atoms with van der Waals surface area (Å²) in [6, 6.07) is 16.9. The molecule has 0 unspecified atom stereocenters. The molecular weight excluding hydrogens is 284 g/mol. The summed E-state index contributed by atoms with van der Waals surface area (Å²) >= 11 is 0. The number of aromatic nitrogens is 1. The molecule has 0 radical (unpaired) electrons. The summed E-state index contributed by atoms with van der Waals surface area (Å²) in [5.74, 6) is 0.250. The van der Waals surface area contributed by atoms with Gasteiger partial charge in [-0.25, -0.2) is 0 Å². The standard InChI is InChI=1S/C20H20N2O/c1-14-7-8-16-17(12-21-18(16)11-14)19-9-10-20(23)22(19)13-15-5-3-2-4-6-15/h2-8,11-12,19,21H,9-10,13H2,1H3/t19-/m1/s1. The van der Waals surface area contributed by atoms with Crippen molar-refractivity contribution in [2.75, 3.05) is 0 Å². The molecule has 1 fully saturated rings. The monoisotopic (exact) mass is 304 g/mol. The first-order valence-electron chi connectivity index (χ1n) is 8.13. The van der Waals surface area contributed by atoms with Gasteiger partial charge in [-0.1, -0.05) is 42.5 Å². The van der Waals surface area contributed by atoms with E-state index in [1.54, 1.807) is 0 Å². The van der Waals surface area contributed by atoms with E-state index in [9.17, 15) is 4.79 Å². The maximum atomic E-state index is 12.4. The fourth-order valence-corrected chi connectivity index (χ4v) is 3.57. The highest BCUT2D eigenvalue weighted by atomic mass is 16.2. The van der Waals surface area contributed by atoms with Crippen LogP contribution in [0, 0.1) is 6.92 Å². The number of rotatable bonds is 3. The maximum Gasteiger partial charge on any atom is 0.223 e. The molecule has 0 saturated carbocycles. The first-order valence-corrected chi connectivity index (χ1v) is 8.13. The highest BCUT2D eigenvalue weighted by molar-refractivity contribution is 5.86. The SMILES string of the molecule is Cc1ccc2c([C@H]3CCC(=O)N3Cc3ccccc3)c[nH]c2c1. The zero-order valence-electron chi connectivity index (χ0n) is 13.3. The second-order valence-electron chi connectivity index (χ2n) is 6.35. The number of nitrogens with zero attached hydrogens (tertiary/aromatic N) is 1. The van der Waals surface area contributed by atoms with Crippen LogP contribution >= 0.6 is 0 Å². The van der Waals surface area contributed by atoms with Gasteiger partial charge in [-0.15, -0.1) is 0 Å². The van der Waals surface area contributed by atoms with E-state index in [0.29, 0.717) is 13.0 Å². The Morgan fingerprint density at radius 1 is 1.17 bits per heavy atom. The van der Waals surface area contributed by atoms with Crippen molar-refractivity contribution in [1.82, 2.24) is 9.88 Å². The Balaban J connectivity index is 1.70. The number of hydrogen-bond acceptors (Lipinski definition) is 1. The van der Waals surface area contributed by atoms with Gasteiger partial charge in [0.05, 0.1) is 6.04 Å². The van der Waals surface area contributed by atoms with Crippen LogP contribution in [-0.2, 0) is 11.3 Å². The van der Waals surface area contributed by atoms with Crippen LogP contribution in [0.15, 0.2) is 54.7 Å². The molecule has 3 nitrogen and oxygen atoms in total.